The van der Waals surface area contributed by atoms with E-state index in [4.69, 9.17) is 5.73 Å². The Balaban J connectivity index is 1.31. The summed E-state index contributed by atoms with van der Waals surface area (Å²) in [5.41, 5.74) is 8.80. The Labute approximate surface area is 200 Å². The van der Waals surface area contributed by atoms with E-state index in [0.29, 0.717) is 41.7 Å². The lowest BCUT2D eigenvalue weighted by Crippen LogP contribution is -2.28. The van der Waals surface area contributed by atoms with E-state index < -0.39 is 0 Å². The van der Waals surface area contributed by atoms with Gasteiger partial charge in [-0.05, 0) is 55.7 Å². The molecular formula is C25H24FN7O2. The first-order valence-electron chi connectivity index (χ1n) is 11.1. The smallest absolute Gasteiger partial charge is 0.261 e. The number of benzene rings is 2. The number of anilines is 1. The van der Waals surface area contributed by atoms with Crippen LogP contribution in [0, 0.1) is 24.1 Å². The van der Waals surface area contributed by atoms with Gasteiger partial charge in [0.05, 0.1) is 28.6 Å². The predicted octanol–water partition coefficient (Wildman–Crippen LogP) is 2.62. The number of aromatic nitrogens is 4. The summed E-state index contributed by atoms with van der Waals surface area (Å²) in [4.78, 5) is 29.3. The Morgan fingerprint density at radius 2 is 2.00 bits per heavy atom. The second kappa shape index (κ2) is 10.2. The summed E-state index contributed by atoms with van der Waals surface area (Å²) >= 11 is 0. The zero-order valence-corrected chi connectivity index (χ0v) is 19.2. The molecule has 4 rings (SSSR count). The molecule has 4 aromatic rings. The quantitative estimate of drug-likeness (QED) is 0.378. The maximum atomic E-state index is 13.2. The molecule has 0 spiro atoms. The number of nitrogens with one attached hydrogen (secondary N) is 1. The van der Waals surface area contributed by atoms with Gasteiger partial charge in [-0.1, -0.05) is 12.1 Å². The lowest BCUT2D eigenvalue weighted by Gasteiger charge is -2.08. The maximum absolute atomic E-state index is 13.2. The van der Waals surface area contributed by atoms with Crippen molar-refractivity contribution in [3.05, 3.63) is 81.8 Å². The predicted molar refractivity (Wildman–Crippen MR) is 129 cm³/mol. The van der Waals surface area contributed by atoms with Crippen molar-refractivity contribution >= 4 is 22.6 Å². The third-order valence-electron chi connectivity index (χ3n) is 5.72. The number of nitrogen functional groups attached to an aromatic ring is 1. The minimum absolute atomic E-state index is 0.133. The van der Waals surface area contributed by atoms with Crippen molar-refractivity contribution < 1.29 is 9.18 Å². The van der Waals surface area contributed by atoms with Gasteiger partial charge in [-0.3, -0.25) is 14.2 Å². The molecule has 9 nitrogen and oxygen atoms in total. The summed E-state index contributed by atoms with van der Waals surface area (Å²) < 4.78 is 16.0. The van der Waals surface area contributed by atoms with Crippen LogP contribution in [0.15, 0.2) is 53.6 Å². The van der Waals surface area contributed by atoms with Crippen LogP contribution in [-0.2, 0) is 17.8 Å². The molecule has 0 aliphatic carbocycles. The van der Waals surface area contributed by atoms with Crippen LogP contribution in [0.4, 0.5) is 10.2 Å². The number of carbonyl (C=O) groups excluding carboxylic acids is 1. The molecule has 178 valence electrons. The Kier molecular flexibility index (Phi) is 6.87. The van der Waals surface area contributed by atoms with Crippen LogP contribution in [0.1, 0.15) is 29.7 Å². The highest BCUT2D eigenvalue weighted by Gasteiger charge is 2.16. The molecule has 0 saturated carbocycles. The van der Waals surface area contributed by atoms with Crippen molar-refractivity contribution in [2.24, 2.45) is 0 Å². The van der Waals surface area contributed by atoms with Crippen molar-refractivity contribution in [3.63, 3.8) is 0 Å². The number of para-hydroxylation sites is 1. The topological polar surface area (TPSA) is 132 Å². The van der Waals surface area contributed by atoms with E-state index in [0.717, 1.165) is 5.56 Å². The molecule has 0 aliphatic rings. The minimum atomic E-state index is -0.382. The fourth-order valence-corrected chi connectivity index (χ4v) is 3.85. The number of rotatable bonds is 8. The molecule has 3 N–H and O–H groups in total. The highest BCUT2D eigenvalue weighted by Crippen LogP contribution is 2.21. The van der Waals surface area contributed by atoms with Crippen LogP contribution in [0.2, 0.25) is 0 Å². The third kappa shape index (κ3) is 5.04. The lowest BCUT2D eigenvalue weighted by atomic mass is 10.1. The maximum Gasteiger partial charge on any atom is 0.261 e. The van der Waals surface area contributed by atoms with E-state index in [1.807, 2.05) is 19.1 Å². The van der Waals surface area contributed by atoms with E-state index in [9.17, 15) is 19.2 Å². The number of hydrogen-bond acceptors (Lipinski definition) is 6. The number of carbonyl (C=O) groups is 1. The van der Waals surface area contributed by atoms with E-state index >= 15 is 0 Å². The second-order valence-corrected chi connectivity index (χ2v) is 8.12. The first kappa shape index (κ1) is 23.6. The van der Waals surface area contributed by atoms with E-state index in [1.54, 1.807) is 6.07 Å². The number of fused-ring (bicyclic) bond motifs is 1. The van der Waals surface area contributed by atoms with Gasteiger partial charge in [0.2, 0.25) is 5.91 Å². The molecule has 0 unspecified atom stereocenters. The fraction of sp³-hybridized carbons (Fsp3) is 0.240. The molecule has 2 aromatic carbocycles. The molecule has 0 fully saturated rings. The molecule has 2 aromatic heterocycles. The van der Waals surface area contributed by atoms with Crippen molar-refractivity contribution in [2.45, 2.75) is 32.7 Å². The highest BCUT2D eigenvalue weighted by molar-refractivity contribution is 5.80. The Morgan fingerprint density at radius 3 is 2.74 bits per heavy atom. The fourth-order valence-electron chi connectivity index (χ4n) is 3.85. The van der Waals surface area contributed by atoms with Gasteiger partial charge in [0.1, 0.15) is 23.3 Å². The van der Waals surface area contributed by atoms with Crippen LogP contribution in [0.3, 0.4) is 0 Å². The number of hydrogen-bond donors (Lipinski definition) is 2. The monoisotopic (exact) mass is 473 g/mol. The Bertz CT molecular complexity index is 1480. The molecule has 0 aliphatic heterocycles. The summed E-state index contributed by atoms with van der Waals surface area (Å²) in [5, 5.41) is 17.2. The summed E-state index contributed by atoms with van der Waals surface area (Å²) in [5.74, 6) is -0.395. The van der Waals surface area contributed by atoms with Gasteiger partial charge in [0.25, 0.3) is 5.56 Å². The van der Waals surface area contributed by atoms with Crippen molar-refractivity contribution in [1.82, 2.24) is 24.6 Å². The minimum Gasteiger partial charge on any atom is -0.382 e. The molecule has 1 amide bonds. The van der Waals surface area contributed by atoms with Crippen molar-refractivity contribution in [1.29, 1.82) is 5.26 Å². The van der Waals surface area contributed by atoms with Gasteiger partial charge >= 0.3 is 0 Å². The number of nitriles is 1. The number of nitrogens with zero attached hydrogens (tertiary/aromatic N) is 5. The highest BCUT2D eigenvalue weighted by atomic mass is 19.1. The first-order valence-corrected chi connectivity index (χ1v) is 11.1. The van der Waals surface area contributed by atoms with Crippen molar-refractivity contribution in [2.75, 3.05) is 12.3 Å². The molecule has 10 heteroatoms. The largest absolute Gasteiger partial charge is 0.382 e. The van der Waals surface area contributed by atoms with E-state index in [1.165, 1.54) is 39.8 Å². The third-order valence-corrected chi connectivity index (χ3v) is 5.72. The molecule has 0 atom stereocenters. The average Bonchev–Trinajstić information content (AvgIpc) is 3.17. The number of nitrogens with two attached hydrogens (primary N) is 1. The van der Waals surface area contributed by atoms with Crippen molar-refractivity contribution in [3.8, 4) is 11.8 Å². The SMILES string of the molecule is Cc1cccc2c(=O)n(CCC(=O)NCCCc3nn(-c4ccc(F)cc4)c(N)c3C#N)cnc12. The van der Waals surface area contributed by atoms with E-state index in [-0.39, 0.29) is 41.6 Å². The zero-order valence-electron chi connectivity index (χ0n) is 19.2. The molecule has 0 saturated heterocycles. The second-order valence-electron chi connectivity index (χ2n) is 8.12. The summed E-state index contributed by atoms with van der Waals surface area (Å²) in [6.07, 6.45) is 2.57. The molecule has 2 heterocycles. The van der Waals surface area contributed by atoms with Crippen LogP contribution in [0.25, 0.3) is 16.6 Å². The zero-order chi connectivity index (χ0) is 24.9. The van der Waals surface area contributed by atoms with Crippen LogP contribution in [-0.4, -0.2) is 31.8 Å². The van der Waals surface area contributed by atoms with E-state index in [2.05, 4.69) is 21.5 Å². The number of halogens is 1. The van der Waals surface area contributed by atoms with Gasteiger partial charge in [0.15, 0.2) is 0 Å². The summed E-state index contributed by atoms with van der Waals surface area (Å²) in [6.45, 7) is 2.49. The Morgan fingerprint density at radius 1 is 1.23 bits per heavy atom. The molecule has 0 radical (unpaired) electrons. The first-order chi connectivity index (χ1) is 16.9. The van der Waals surface area contributed by atoms with Gasteiger partial charge in [-0.2, -0.15) is 10.4 Å². The van der Waals surface area contributed by atoms with Gasteiger partial charge in [-0.15, -0.1) is 0 Å². The summed E-state index contributed by atoms with van der Waals surface area (Å²) in [7, 11) is 0. The van der Waals surface area contributed by atoms with Gasteiger partial charge in [-0.25, -0.2) is 14.1 Å². The Hall–Kier alpha value is -4.52. The van der Waals surface area contributed by atoms with Crippen LogP contribution >= 0.6 is 0 Å². The van der Waals surface area contributed by atoms with Gasteiger partial charge in [0, 0.05) is 19.5 Å². The molecule has 35 heavy (non-hydrogen) atoms. The number of amides is 1. The normalized spacial score (nSPS) is 10.9. The molecular weight excluding hydrogens is 449 g/mol. The van der Waals surface area contributed by atoms with Crippen LogP contribution in [0.5, 0.6) is 0 Å². The van der Waals surface area contributed by atoms with Crippen LogP contribution < -0.4 is 16.6 Å². The average molecular weight is 474 g/mol. The molecule has 0 bridgehead atoms. The lowest BCUT2D eigenvalue weighted by molar-refractivity contribution is -0.121. The number of aryl methyl sites for hydroxylation is 3. The van der Waals surface area contributed by atoms with Gasteiger partial charge < -0.3 is 11.1 Å². The summed E-state index contributed by atoms with van der Waals surface area (Å²) in [6, 6.07) is 13.1. The standard InChI is InChI=1S/C25H24FN7O2/c1-16-4-2-5-19-23(16)30-15-32(25(19)35)13-11-22(34)29-12-3-6-21-20(14-27)24(28)33(31-21)18-9-7-17(26)8-10-18/h2,4-5,7-10,15H,3,6,11-13,28H2,1H3,(H,29,34).